The molecule has 3 aromatic rings. The summed E-state index contributed by atoms with van der Waals surface area (Å²) < 4.78 is 15.0. The van der Waals surface area contributed by atoms with Gasteiger partial charge in [-0.3, -0.25) is 4.79 Å². The van der Waals surface area contributed by atoms with Crippen molar-refractivity contribution in [1.29, 1.82) is 0 Å². The van der Waals surface area contributed by atoms with E-state index >= 15 is 0 Å². The molecule has 0 radical (unpaired) electrons. The summed E-state index contributed by atoms with van der Waals surface area (Å²) in [6, 6.07) is 13.3. The molecule has 6 heteroatoms. The molecule has 1 aromatic carbocycles. The van der Waals surface area contributed by atoms with Crippen LogP contribution < -0.4 is 5.32 Å². The Balaban J connectivity index is 1.62. The summed E-state index contributed by atoms with van der Waals surface area (Å²) in [5.41, 5.74) is 0.958. The van der Waals surface area contributed by atoms with Crippen LogP contribution in [0.25, 0.3) is 0 Å². The van der Waals surface area contributed by atoms with Crippen molar-refractivity contribution in [2.75, 3.05) is 6.54 Å². The van der Waals surface area contributed by atoms with E-state index in [2.05, 4.69) is 5.32 Å². The summed E-state index contributed by atoms with van der Waals surface area (Å²) in [4.78, 5) is 13.5. The second kappa shape index (κ2) is 7.42. The molecule has 124 valence electrons. The van der Waals surface area contributed by atoms with Crippen LogP contribution in [0.2, 0.25) is 0 Å². The number of amides is 1. The number of carbonyl (C=O) groups is 1. The van der Waals surface area contributed by atoms with Gasteiger partial charge in [-0.25, -0.2) is 4.39 Å². The molecule has 1 atom stereocenters. The Morgan fingerprint density at radius 2 is 2.12 bits per heavy atom. The van der Waals surface area contributed by atoms with Crippen LogP contribution in [-0.2, 0) is 6.54 Å². The first-order valence-electron chi connectivity index (χ1n) is 7.53. The summed E-state index contributed by atoms with van der Waals surface area (Å²) in [5, 5.41) is 14.8. The number of aliphatic hydroxyl groups is 1. The SMILES string of the molecule is O=C(NCC(O)c1cccc(F)c1)c1cccn1Cc1cccs1. The van der Waals surface area contributed by atoms with Gasteiger partial charge in [-0.15, -0.1) is 11.3 Å². The van der Waals surface area contributed by atoms with Crippen LogP contribution >= 0.6 is 11.3 Å². The van der Waals surface area contributed by atoms with Crippen molar-refractivity contribution in [3.63, 3.8) is 0 Å². The lowest BCUT2D eigenvalue weighted by Gasteiger charge is -2.13. The number of thiophene rings is 1. The summed E-state index contributed by atoms with van der Waals surface area (Å²) in [6.07, 6.45) is 0.892. The van der Waals surface area contributed by atoms with E-state index in [1.807, 2.05) is 34.3 Å². The summed E-state index contributed by atoms with van der Waals surface area (Å²) >= 11 is 1.63. The molecule has 0 fully saturated rings. The van der Waals surface area contributed by atoms with Crippen molar-refractivity contribution in [3.8, 4) is 0 Å². The number of halogens is 1. The molecule has 2 N–H and O–H groups in total. The number of rotatable bonds is 6. The fraction of sp³-hybridized carbons (Fsp3) is 0.167. The Morgan fingerprint density at radius 3 is 2.88 bits per heavy atom. The molecule has 4 nitrogen and oxygen atoms in total. The third kappa shape index (κ3) is 3.90. The van der Waals surface area contributed by atoms with Gasteiger partial charge < -0.3 is 15.0 Å². The average molecular weight is 344 g/mol. The van der Waals surface area contributed by atoms with Gasteiger partial charge in [0, 0.05) is 17.6 Å². The normalized spacial score (nSPS) is 12.1. The minimum Gasteiger partial charge on any atom is -0.387 e. The van der Waals surface area contributed by atoms with Crippen LogP contribution in [0.15, 0.2) is 60.1 Å². The molecule has 0 spiro atoms. The Morgan fingerprint density at radius 1 is 1.25 bits per heavy atom. The van der Waals surface area contributed by atoms with Gasteiger partial charge in [0.1, 0.15) is 11.5 Å². The molecule has 0 bridgehead atoms. The molecule has 1 unspecified atom stereocenters. The number of benzene rings is 1. The minimum absolute atomic E-state index is 0.0203. The van der Waals surface area contributed by atoms with Gasteiger partial charge in [0.2, 0.25) is 0 Å². The van der Waals surface area contributed by atoms with E-state index in [0.717, 1.165) is 4.88 Å². The zero-order valence-corrected chi connectivity index (χ0v) is 13.7. The number of aliphatic hydroxyl groups excluding tert-OH is 1. The topological polar surface area (TPSA) is 54.3 Å². The van der Waals surface area contributed by atoms with Crippen LogP contribution in [0.1, 0.15) is 27.0 Å². The number of hydrogen-bond acceptors (Lipinski definition) is 3. The van der Waals surface area contributed by atoms with Gasteiger partial charge in [-0.05, 0) is 41.3 Å². The lowest BCUT2D eigenvalue weighted by molar-refractivity contribution is 0.0907. The van der Waals surface area contributed by atoms with Crippen molar-refractivity contribution in [1.82, 2.24) is 9.88 Å². The van der Waals surface area contributed by atoms with Gasteiger partial charge in [0.25, 0.3) is 5.91 Å². The highest BCUT2D eigenvalue weighted by Gasteiger charge is 2.14. The van der Waals surface area contributed by atoms with Crippen molar-refractivity contribution in [2.24, 2.45) is 0 Å². The Kier molecular flexibility index (Phi) is 5.08. The van der Waals surface area contributed by atoms with Gasteiger partial charge in [-0.2, -0.15) is 0 Å². The molecule has 2 aromatic heterocycles. The lowest BCUT2D eigenvalue weighted by atomic mass is 10.1. The van der Waals surface area contributed by atoms with Crippen molar-refractivity contribution in [2.45, 2.75) is 12.6 Å². The molecule has 24 heavy (non-hydrogen) atoms. The second-order valence-electron chi connectivity index (χ2n) is 5.38. The third-order valence-corrected chi connectivity index (χ3v) is 4.52. The van der Waals surface area contributed by atoms with E-state index in [4.69, 9.17) is 0 Å². The quantitative estimate of drug-likeness (QED) is 0.721. The highest BCUT2D eigenvalue weighted by molar-refractivity contribution is 7.09. The van der Waals surface area contributed by atoms with Crippen LogP contribution in [0.5, 0.6) is 0 Å². The number of hydrogen-bond donors (Lipinski definition) is 2. The maximum Gasteiger partial charge on any atom is 0.268 e. The smallest absolute Gasteiger partial charge is 0.268 e. The number of nitrogens with one attached hydrogen (secondary N) is 1. The van der Waals surface area contributed by atoms with E-state index in [-0.39, 0.29) is 12.5 Å². The van der Waals surface area contributed by atoms with Crippen molar-refractivity contribution in [3.05, 3.63) is 82.1 Å². The molecule has 0 saturated heterocycles. The molecule has 0 aliphatic heterocycles. The number of carbonyl (C=O) groups excluding carboxylic acids is 1. The van der Waals surface area contributed by atoms with Crippen LogP contribution in [0, 0.1) is 5.82 Å². The van der Waals surface area contributed by atoms with Crippen LogP contribution in [-0.4, -0.2) is 22.1 Å². The average Bonchev–Trinajstić information content (AvgIpc) is 3.24. The predicted octanol–water partition coefficient (Wildman–Crippen LogP) is 3.20. The molecule has 0 aliphatic carbocycles. The fourth-order valence-electron chi connectivity index (χ4n) is 2.44. The van der Waals surface area contributed by atoms with Gasteiger partial charge in [-0.1, -0.05) is 18.2 Å². The summed E-state index contributed by atoms with van der Waals surface area (Å²) in [5.74, 6) is -0.685. The van der Waals surface area contributed by atoms with Crippen molar-refractivity contribution < 1.29 is 14.3 Å². The van der Waals surface area contributed by atoms with E-state index in [0.29, 0.717) is 17.8 Å². The molecule has 3 rings (SSSR count). The van der Waals surface area contributed by atoms with Crippen LogP contribution in [0.3, 0.4) is 0 Å². The monoisotopic (exact) mass is 344 g/mol. The van der Waals surface area contributed by atoms with E-state index in [9.17, 15) is 14.3 Å². The Labute approximate surface area is 143 Å². The first-order valence-corrected chi connectivity index (χ1v) is 8.40. The third-order valence-electron chi connectivity index (χ3n) is 3.66. The first-order chi connectivity index (χ1) is 11.6. The number of nitrogens with zero attached hydrogens (tertiary/aromatic N) is 1. The van der Waals surface area contributed by atoms with Gasteiger partial charge >= 0.3 is 0 Å². The fourth-order valence-corrected chi connectivity index (χ4v) is 3.14. The number of aromatic nitrogens is 1. The molecule has 1 amide bonds. The van der Waals surface area contributed by atoms with E-state index in [1.54, 1.807) is 23.5 Å². The maximum absolute atomic E-state index is 13.2. The molecule has 2 heterocycles. The summed E-state index contributed by atoms with van der Waals surface area (Å²) in [7, 11) is 0. The van der Waals surface area contributed by atoms with Crippen LogP contribution in [0.4, 0.5) is 4.39 Å². The maximum atomic E-state index is 13.2. The largest absolute Gasteiger partial charge is 0.387 e. The van der Waals surface area contributed by atoms with E-state index < -0.39 is 11.9 Å². The van der Waals surface area contributed by atoms with Gasteiger partial charge in [0.15, 0.2) is 0 Å². The second-order valence-corrected chi connectivity index (χ2v) is 6.41. The molecule has 0 aliphatic rings. The van der Waals surface area contributed by atoms with E-state index in [1.165, 1.54) is 18.2 Å². The molecular formula is C18H17FN2O2S. The van der Waals surface area contributed by atoms with Crippen molar-refractivity contribution >= 4 is 17.2 Å². The molecular weight excluding hydrogens is 327 g/mol. The summed E-state index contributed by atoms with van der Waals surface area (Å²) in [6.45, 7) is 0.645. The minimum atomic E-state index is -0.953. The predicted molar refractivity (Wildman–Crippen MR) is 91.5 cm³/mol. The standard InChI is InChI=1S/C18H17FN2O2S/c19-14-5-1-4-13(10-14)17(22)11-20-18(23)16-7-2-8-21(16)12-15-6-3-9-24-15/h1-10,17,22H,11-12H2,(H,20,23). The zero-order chi connectivity index (χ0) is 16.9. The zero-order valence-electron chi connectivity index (χ0n) is 12.9. The molecule has 0 saturated carbocycles. The first kappa shape index (κ1) is 16.4. The Bertz CT molecular complexity index is 814. The highest BCUT2D eigenvalue weighted by atomic mass is 32.1. The Hall–Kier alpha value is -2.44. The highest BCUT2D eigenvalue weighted by Crippen LogP contribution is 2.15. The lowest BCUT2D eigenvalue weighted by Crippen LogP contribution is -2.30. The van der Waals surface area contributed by atoms with Gasteiger partial charge in [0.05, 0.1) is 12.6 Å².